The fourth-order valence-electron chi connectivity index (χ4n) is 1.81. The summed E-state index contributed by atoms with van der Waals surface area (Å²) >= 11 is 6.58. The molecule has 0 aliphatic carbocycles. The molecular formula is C13H12Br2FNO. The van der Waals surface area contributed by atoms with Crippen molar-refractivity contribution in [3.63, 3.8) is 0 Å². The van der Waals surface area contributed by atoms with Crippen LogP contribution in [-0.2, 0) is 0 Å². The number of furan rings is 1. The molecule has 5 heteroatoms. The molecule has 1 unspecified atom stereocenters. The van der Waals surface area contributed by atoms with Gasteiger partial charge in [0.1, 0.15) is 5.82 Å². The van der Waals surface area contributed by atoms with Crippen LogP contribution in [0.1, 0.15) is 24.1 Å². The summed E-state index contributed by atoms with van der Waals surface area (Å²) in [6.45, 7) is 2.83. The molecule has 1 atom stereocenters. The van der Waals surface area contributed by atoms with Gasteiger partial charge in [-0.15, -0.1) is 0 Å². The van der Waals surface area contributed by atoms with E-state index in [0.29, 0.717) is 9.14 Å². The third kappa shape index (κ3) is 2.84. The molecule has 0 radical (unpaired) electrons. The highest BCUT2D eigenvalue weighted by Gasteiger charge is 2.18. The Hall–Kier alpha value is -0.650. The maximum Gasteiger partial charge on any atom is 0.174 e. The molecule has 0 aliphatic rings. The Morgan fingerprint density at radius 1 is 1.33 bits per heavy atom. The summed E-state index contributed by atoms with van der Waals surface area (Å²) in [6, 6.07) is 6.88. The zero-order chi connectivity index (χ0) is 13.1. The van der Waals surface area contributed by atoms with Crippen LogP contribution in [0, 0.1) is 5.82 Å². The summed E-state index contributed by atoms with van der Waals surface area (Å²) in [5.41, 5.74) is 1.97. The highest BCUT2D eigenvalue weighted by molar-refractivity contribution is 9.10. The van der Waals surface area contributed by atoms with Crippen molar-refractivity contribution in [2.24, 2.45) is 0 Å². The minimum Gasteiger partial charge on any atom is -0.457 e. The summed E-state index contributed by atoms with van der Waals surface area (Å²) < 4.78 is 19.7. The van der Waals surface area contributed by atoms with Crippen LogP contribution in [0.3, 0.4) is 0 Å². The van der Waals surface area contributed by atoms with Crippen LogP contribution < -0.4 is 5.32 Å². The van der Waals surface area contributed by atoms with Crippen LogP contribution in [0.25, 0.3) is 0 Å². The molecule has 96 valence electrons. The molecule has 1 heterocycles. The molecule has 1 aromatic carbocycles. The maximum atomic E-state index is 13.3. The smallest absolute Gasteiger partial charge is 0.174 e. The lowest BCUT2D eigenvalue weighted by Crippen LogP contribution is -2.21. The van der Waals surface area contributed by atoms with E-state index < -0.39 is 0 Å². The normalized spacial score (nSPS) is 12.7. The maximum absolute atomic E-state index is 13.3. The number of halogens is 3. The number of benzene rings is 1. The van der Waals surface area contributed by atoms with Gasteiger partial charge in [0.2, 0.25) is 0 Å². The SMILES string of the molecule is CCNC(c1ccc(F)c(Br)c1)c1ccoc1Br. The average Bonchev–Trinajstić information content (AvgIpc) is 2.76. The lowest BCUT2D eigenvalue weighted by Gasteiger charge is -2.18. The van der Waals surface area contributed by atoms with Crippen molar-refractivity contribution in [1.82, 2.24) is 5.32 Å². The molecule has 0 spiro atoms. The van der Waals surface area contributed by atoms with E-state index in [0.717, 1.165) is 17.7 Å². The van der Waals surface area contributed by atoms with E-state index in [1.807, 2.05) is 13.0 Å². The van der Waals surface area contributed by atoms with Crippen molar-refractivity contribution >= 4 is 31.9 Å². The predicted octanol–water partition coefficient (Wildman–Crippen LogP) is 4.64. The highest BCUT2D eigenvalue weighted by atomic mass is 79.9. The fourth-order valence-corrected chi connectivity index (χ4v) is 2.68. The van der Waals surface area contributed by atoms with Crippen LogP contribution in [0.4, 0.5) is 4.39 Å². The molecular weight excluding hydrogens is 365 g/mol. The molecule has 1 aromatic heterocycles. The van der Waals surface area contributed by atoms with Crippen molar-refractivity contribution in [3.05, 3.63) is 56.6 Å². The van der Waals surface area contributed by atoms with Gasteiger partial charge in [0.25, 0.3) is 0 Å². The van der Waals surface area contributed by atoms with Gasteiger partial charge in [0.05, 0.1) is 16.8 Å². The second-order valence-corrected chi connectivity index (χ2v) is 5.39. The Kier molecular flexibility index (Phi) is 4.59. The molecule has 0 amide bonds. The van der Waals surface area contributed by atoms with Gasteiger partial charge < -0.3 is 9.73 Å². The van der Waals surface area contributed by atoms with Gasteiger partial charge >= 0.3 is 0 Å². The second kappa shape index (κ2) is 5.99. The predicted molar refractivity (Wildman–Crippen MR) is 76.0 cm³/mol. The van der Waals surface area contributed by atoms with Crippen LogP contribution in [0.5, 0.6) is 0 Å². The molecule has 0 saturated carbocycles. The van der Waals surface area contributed by atoms with Gasteiger partial charge in [-0.2, -0.15) is 0 Å². The first kappa shape index (κ1) is 13.8. The summed E-state index contributed by atoms with van der Waals surface area (Å²) in [7, 11) is 0. The van der Waals surface area contributed by atoms with Crippen LogP contribution in [0.15, 0.2) is 44.1 Å². The molecule has 2 aromatic rings. The van der Waals surface area contributed by atoms with Crippen molar-refractivity contribution in [1.29, 1.82) is 0 Å². The van der Waals surface area contributed by atoms with E-state index in [4.69, 9.17) is 4.42 Å². The summed E-state index contributed by atoms with van der Waals surface area (Å²) in [5.74, 6) is -0.264. The molecule has 18 heavy (non-hydrogen) atoms. The number of nitrogens with one attached hydrogen (secondary N) is 1. The van der Waals surface area contributed by atoms with E-state index in [-0.39, 0.29) is 11.9 Å². The van der Waals surface area contributed by atoms with Crippen LogP contribution in [-0.4, -0.2) is 6.54 Å². The Morgan fingerprint density at radius 3 is 2.67 bits per heavy atom. The summed E-state index contributed by atoms with van der Waals surface area (Å²) in [6.07, 6.45) is 1.63. The van der Waals surface area contributed by atoms with Crippen molar-refractivity contribution in [2.75, 3.05) is 6.54 Å². The third-order valence-corrected chi connectivity index (χ3v) is 3.89. The first-order valence-corrected chi connectivity index (χ1v) is 7.13. The molecule has 2 rings (SSSR count). The van der Waals surface area contributed by atoms with Gasteiger partial charge in [0, 0.05) is 5.56 Å². The van der Waals surface area contributed by atoms with Crippen molar-refractivity contribution in [3.8, 4) is 0 Å². The van der Waals surface area contributed by atoms with E-state index in [9.17, 15) is 4.39 Å². The van der Waals surface area contributed by atoms with Gasteiger partial charge in [-0.3, -0.25) is 0 Å². The van der Waals surface area contributed by atoms with Crippen LogP contribution in [0.2, 0.25) is 0 Å². The van der Waals surface area contributed by atoms with Gasteiger partial charge in [-0.25, -0.2) is 4.39 Å². The Balaban J connectivity index is 2.41. The zero-order valence-corrected chi connectivity index (χ0v) is 12.9. The van der Waals surface area contributed by atoms with E-state index in [1.54, 1.807) is 18.4 Å². The number of rotatable bonds is 4. The van der Waals surface area contributed by atoms with Crippen molar-refractivity contribution in [2.45, 2.75) is 13.0 Å². The molecule has 2 nitrogen and oxygen atoms in total. The van der Waals surface area contributed by atoms with Gasteiger partial charge in [-0.1, -0.05) is 13.0 Å². The summed E-state index contributed by atoms with van der Waals surface area (Å²) in [5, 5.41) is 3.36. The van der Waals surface area contributed by atoms with E-state index in [2.05, 4.69) is 37.2 Å². The van der Waals surface area contributed by atoms with E-state index in [1.165, 1.54) is 6.07 Å². The second-order valence-electron chi connectivity index (χ2n) is 3.81. The zero-order valence-electron chi connectivity index (χ0n) is 9.71. The third-order valence-electron chi connectivity index (χ3n) is 2.64. The lowest BCUT2D eigenvalue weighted by atomic mass is 10.0. The minimum absolute atomic E-state index is 0.0278. The first-order valence-electron chi connectivity index (χ1n) is 5.54. The van der Waals surface area contributed by atoms with Gasteiger partial charge in [0.15, 0.2) is 4.67 Å². The largest absolute Gasteiger partial charge is 0.457 e. The lowest BCUT2D eigenvalue weighted by molar-refractivity contribution is 0.526. The standard InChI is InChI=1S/C13H12Br2FNO/c1-2-17-12(9-5-6-18-13(9)15)8-3-4-11(16)10(14)7-8/h3-7,12,17H,2H2,1H3. The first-order chi connectivity index (χ1) is 8.63. The quantitative estimate of drug-likeness (QED) is 0.840. The van der Waals surface area contributed by atoms with Crippen molar-refractivity contribution < 1.29 is 8.81 Å². The Bertz CT molecular complexity index is 542. The minimum atomic E-state index is -0.264. The molecule has 0 fully saturated rings. The Morgan fingerprint density at radius 2 is 2.11 bits per heavy atom. The summed E-state index contributed by atoms with van der Waals surface area (Å²) in [4.78, 5) is 0. The number of hydrogen-bond acceptors (Lipinski definition) is 2. The molecule has 1 N–H and O–H groups in total. The fraction of sp³-hybridized carbons (Fsp3) is 0.231. The highest BCUT2D eigenvalue weighted by Crippen LogP contribution is 2.31. The van der Waals surface area contributed by atoms with Gasteiger partial charge in [-0.05, 0) is 62.2 Å². The molecule has 0 aliphatic heterocycles. The number of hydrogen-bond donors (Lipinski definition) is 1. The molecule has 0 bridgehead atoms. The average molecular weight is 377 g/mol. The topological polar surface area (TPSA) is 25.2 Å². The monoisotopic (exact) mass is 375 g/mol. The molecule has 0 saturated heterocycles. The van der Waals surface area contributed by atoms with E-state index >= 15 is 0 Å². The van der Waals surface area contributed by atoms with Crippen LogP contribution >= 0.6 is 31.9 Å². The Labute approximate surface area is 122 Å².